The van der Waals surface area contributed by atoms with Crippen LogP contribution in [-0.2, 0) is 12.7 Å². The first kappa shape index (κ1) is 23.1. The number of aromatic nitrogens is 1. The number of hydrogen-bond donors (Lipinski definition) is 2. The van der Waals surface area contributed by atoms with Gasteiger partial charge in [0.05, 0.1) is 16.6 Å². The van der Waals surface area contributed by atoms with Crippen LogP contribution in [0.2, 0.25) is 0 Å². The molecule has 0 aliphatic rings. The lowest BCUT2D eigenvalue weighted by atomic mass is 10.1. The van der Waals surface area contributed by atoms with Crippen molar-refractivity contribution in [2.24, 2.45) is 0 Å². The van der Waals surface area contributed by atoms with Crippen LogP contribution < -0.4 is 15.5 Å². The summed E-state index contributed by atoms with van der Waals surface area (Å²) in [5.41, 5.74) is 2.43. The summed E-state index contributed by atoms with van der Waals surface area (Å²) in [5.74, 6) is 0.0833. The highest BCUT2D eigenvalue weighted by atomic mass is 19.4. The van der Waals surface area contributed by atoms with Gasteiger partial charge in [-0.25, -0.2) is 4.98 Å². The Kier molecular flexibility index (Phi) is 6.40. The van der Waals surface area contributed by atoms with Crippen LogP contribution >= 0.6 is 0 Å². The minimum Gasteiger partial charge on any atom is -0.378 e. The third-order valence-electron chi connectivity index (χ3n) is 5.30. The van der Waals surface area contributed by atoms with Gasteiger partial charge in [0, 0.05) is 37.4 Å². The van der Waals surface area contributed by atoms with Crippen molar-refractivity contribution in [2.45, 2.75) is 12.7 Å². The number of fused-ring (bicyclic) bond motifs is 1. The van der Waals surface area contributed by atoms with Gasteiger partial charge in [0.1, 0.15) is 5.82 Å². The number of carbonyl (C=O) groups is 1. The molecule has 1 aromatic heterocycles. The Bertz CT molecular complexity index is 1340. The summed E-state index contributed by atoms with van der Waals surface area (Å²) >= 11 is 0. The minimum absolute atomic E-state index is 0.0347. The number of pyridine rings is 1. The topological polar surface area (TPSA) is 57.3 Å². The summed E-state index contributed by atoms with van der Waals surface area (Å²) in [4.78, 5) is 19.7. The second-order valence-corrected chi connectivity index (χ2v) is 8.02. The predicted molar refractivity (Wildman–Crippen MR) is 128 cm³/mol. The number of nitrogens with zero attached hydrogens (tertiary/aromatic N) is 2. The Balaban J connectivity index is 1.60. The number of rotatable bonds is 6. The highest BCUT2D eigenvalue weighted by molar-refractivity contribution is 6.07. The molecule has 0 atom stereocenters. The zero-order chi connectivity index (χ0) is 24.3. The van der Waals surface area contributed by atoms with Gasteiger partial charge in [-0.05, 0) is 48.0 Å². The lowest BCUT2D eigenvalue weighted by molar-refractivity contribution is -0.137. The molecule has 0 aliphatic carbocycles. The van der Waals surface area contributed by atoms with Gasteiger partial charge in [0.2, 0.25) is 0 Å². The quantitative estimate of drug-likeness (QED) is 0.368. The summed E-state index contributed by atoms with van der Waals surface area (Å²) in [6, 6.07) is 21.6. The molecule has 0 unspecified atom stereocenters. The molecule has 0 saturated carbocycles. The Morgan fingerprint density at radius 3 is 2.47 bits per heavy atom. The van der Waals surface area contributed by atoms with Gasteiger partial charge in [0.25, 0.3) is 5.91 Å². The minimum atomic E-state index is -4.44. The SMILES string of the molecule is CN(C)c1cccc(Nc2cc(C(=O)NCc3cccc(C(F)(F)F)c3)c3ccccc3n2)c1. The van der Waals surface area contributed by atoms with Crippen molar-refractivity contribution in [3.63, 3.8) is 0 Å². The van der Waals surface area contributed by atoms with Gasteiger partial charge in [-0.15, -0.1) is 0 Å². The summed E-state index contributed by atoms with van der Waals surface area (Å²) in [7, 11) is 3.89. The van der Waals surface area contributed by atoms with E-state index in [4.69, 9.17) is 0 Å². The summed E-state index contributed by atoms with van der Waals surface area (Å²) in [6.07, 6.45) is -4.44. The van der Waals surface area contributed by atoms with Crippen LogP contribution in [0.25, 0.3) is 10.9 Å². The van der Waals surface area contributed by atoms with E-state index in [-0.39, 0.29) is 6.54 Å². The largest absolute Gasteiger partial charge is 0.416 e. The van der Waals surface area contributed by atoms with Crippen molar-refractivity contribution in [3.8, 4) is 0 Å². The fourth-order valence-corrected chi connectivity index (χ4v) is 3.57. The Morgan fingerprint density at radius 2 is 1.71 bits per heavy atom. The second kappa shape index (κ2) is 9.43. The molecule has 0 bridgehead atoms. The van der Waals surface area contributed by atoms with Crippen LogP contribution in [0, 0.1) is 0 Å². The molecule has 34 heavy (non-hydrogen) atoms. The van der Waals surface area contributed by atoms with Gasteiger partial charge in [-0.2, -0.15) is 13.2 Å². The van der Waals surface area contributed by atoms with E-state index in [9.17, 15) is 18.0 Å². The van der Waals surface area contributed by atoms with E-state index in [2.05, 4.69) is 15.6 Å². The van der Waals surface area contributed by atoms with Gasteiger partial charge in [-0.3, -0.25) is 4.79 Å². The monoisotopic (exact) mass is 464 g/mol. The first-order chi connectivity index (χ1) is 16.2. The smallest absolute Gasteiger partial charge is 0.378 e. The standard InChI is InChI=1S/C26H23F3N4O/c1-33(2)20-10-6-9-19(14-20)31-24-15-22(21-11-3-4-12-23(21)32-24)25(34)30-16-17-7-5-8-18(13-17)26(27,28)29/h3-15H,16H2,1-2H3,(H,30,34)(H,31,32). The Morgan fingerprint density at radius 1 is 0.941 bits per heavy atom. The zero-order valence-corrected chi connectivity index (χ0v) is 18.6. The molecule has 4 rings (SSSR count). The number of amides is 1. The Hall–Kier alpha value is -4.07. The molecule has 2 N–H and O–H groups in total. The van der Waals surface area contributed by atoms with E-state index in [1.165, 1.54) is 6.07 Å². The van der Waals surface area contributed by atoms with E-state index in [1.54, 1.807) is 30.3 Å². The van der Waals surface area contributed by atoms with Crippen LogP contribution in [-0.4, -0.2) is 25.0 Å². The van der Waals surface area contributed by atoms with Gasteiger partial charge < -0.3 is 15.5 Å². The molecule has 0 saturated heterocycles. The van der Waals surface area contributed by atoms with Crippen molar-refractivity contribution in [1.82, 2.24) is 10.3 Å². The average Bonchev–Trinajstić information content (AvgIpc) is 2.82. The fourth-order valence-electron chi connectivity index (χ4n) is 3.57. The first-order valence-corrected chi connectivity index (χ1v) is 10.6. The van der Waals surface area contributed by atoms with E-state index >= 15 is 0 Å². The molecule has 0 fully saturated rings. The molecule has 174 valence electrons. The number of carbonyl (C=O) groups excluding carboxylic acids is 1. The maximum Gasteiger partial charge on any atom is 0.416 e. The molecule has 1 amide bonds. The van der Waals surface area contributed by atoms with E-state index in [0.29, 0.717) is 27.8 Å². The molecule has 0 aliphatic heterocycles. The van der Waals surface area contributed by atoms with Gasteiger partial charge >= 0.3 is 6.18 Å². The molecule has 0 radical (unpaired) electrons. The molecule has 1 heterocycles. The van der Waals surface area contributed by atoms with E-state index in [0.717, 1.165) is 23.5 Å². The van der Waals surface area contributed by atoms with Gasteiger partial charge in [0.15, 0.2) is 0 Å². The van der Waals surface area contributed by atoms with Crippen molar-refractivity contribution >= 4 is 34.0 Å². The number of halogens is 3. The third-order valence-corrected chi connectivity index (χ3v) is 5.30. The number of hydrogen-bond acceptors (Lipinski definition) is 4. The maximum absolute atomic E-state index is 13.1. The molecule has 5 nitrogen and oxygen atoms in total. The number of anilines is 3. The molecule has 8 heteroatoms. The van der Waals surface area contributed by atoms with E-state index in [1.807, 2.05) is 49.3 Å². The summed E-state index contributed by atoms with van der Waals surface area (Å²) in [5, 5.41) is 6.62. The summed E-state index contributed by atoms with van der Waals surface area (Å²) < 4.78 is 39.0. The highest BCUT2D eigenvalue weighted by Crippen LogP contribution is 2.30. The van der Waals surface area contributed by atoms with Crippen LogP contribution in [0.1, 0.15) is 21.5 Å². The predicted octanol–water partition coefficient (Wildman–Crippen LogP) is 5.99. The van der Waals surface area contributed by atoms with Crippen LogP contribution in [0.4, 0.5) is 30.4 Å². The normalized spacial score (nSPS) is 11.3. The molecular weight excluding hydrogens is 441 g/mol. The molecule has 4 aromatic rings. The molecule has 0 spiro atoms. The van der Waals surface area contributed by atoms with Crippen molar-refractivity contribution in [2.75, 3.05) is 24.3 Å². The van der Waals surface area contributed by atoms with Crippen LogP contribution in [0.5, 0.6) is 0 Å². The molecule has 3 aromatic carbocycles. The van der Waals surface area contributed by atoms with E-state index < -0.39 is 17.6 Å². The van der Waals surface area contributed by atoms with Crippen molar-refractivity contribution < 1.29 is 18.0 Å². The number of alkyl halides is 3. The number of para-hydroxylation sites is 1. The number of benzene rings is 3. The highest BCUT2D eigenvalue weighted by Gasteiger charge is 2.30. The van der Waals surface area contributed by atoms with Crippen molar-refractivity contribution in [1.29, 1.82) is 0 Å². The number of nitrogens with one attached hydrogen (secondary N) is 2. The average molecular weight is 464 g/mol. The lowest BCUT2D eigenvalue weighted by Crippen LogP contribution is -2.23. The maximum atomic E-state index is 13.1. The summed E-state index contributed by atoms with van der Waals surface area (Å²) in [6.45, 7) is -0.0347. The first-order valence-electron chi connectivity index (χ1n) is 10.6. The van der Waals surface area contributed by atoms with Crippen LogP contribution in [0.15, 0.2) is 78.9 Å². The second-order valence-electron chi connectivity index (χ2n) is 8.02. The van der Waals surface area contributed by atoms with Crippen molar-refractivity contribution in [3.05, 3.63) is 95.6 Å². The van der Waals surface area contributed by atoms with Gasteiger partial charge in [-0.1, -0.05) is 36.4 Å². The zero-order valence-electron chi connectivity index (χ0n) is 18.6. The fraction of sp³-hybridized carbons (Fsp3) is 0.154. The third kappa shape index (κ3) is 5.28. The lowest BCUT2D eigenvalue weighted by Gasteiger charge is -2.15. The Labute approximate surface area is 195 Å². The molecular formula is C26H23F3N4O. The van der Waals surface area contributed by atoms with Crippen LogP contribution in [0.3, 0.4) is 0 Å².